The Morgan fingerprint density at radius 1 is 0.929 bits per heavy atom. The quantitative estimate of drug-likeness (QED) is 0.128. The third-order valence-electron chi connectivity index (χ3n) is 7.70. The number of hydrogen-bond donors (Lipinski definition) is 1. The van der Waals surface area contributed by atoms with Crippen LogP contribution in [0.4, 0.5) is 5.69 Å². The Morgan fingerprint density at radius 2 is 1.64 bits per heavy atom. The number of benzene rings is 4. The van der Waals surface area contributed by atoms with E-state index in [1.165, 1.54) is 0 Å². The number of nitrogens with zero attached hydrogens (tertiary/aromatic N) is 3. The molecule has 1 aliphatic rings. The molecule has 1 aromatic heterocycles. The number of fused-ring (bicyclic) bond motifs is 3. The second kappa shape index (κ2) is 11.7. The summed E-state index contributed by atoms with van der Waals surface area (Å²) in [6.45, 7) is 7.08. The lowest BCUT2D eigenvalue weighted by Crippen LogP contribution is -2.43. The van der Waals surface area contributed by atoms with Crippen LogP contribution in [-0.4, -0.2) is 46.2 Å². The van der Waals surface area contributed by atoms with E-state index >= 15 is 0 Å². The minimum Gasteiger partial charge on any atom is -0.392 e. The fraction of sp³-hybridized carbons (Fsp3) is 0.171. The maximum Gasteiger partial charge on any atom is 0.254 e. The van der Waals surface area contributed by atoms with Gasteiger partial charge in [0.15, 0.2) is 0 Å². The molecule has 0 spiro atoms. The molecule has 1 N–H and O–H groups in total. The van der Waals surface area contributed by atoms with Crippen LogP contribution in [0.5, 0.6) is 0 Å². The van der Waals surface area contributed by atoms with Crippen LogP contribution < -0.4 is 5.32 Å². The predicted octanol–water partition coefficient (Wildman–Crippen LogP) is 6.89. The molecule has 7 heteroatoms. The topological polar surface area (TPSA) is 75.9 Å². The van der Waals surface area contributed by atoms with Crippen molar-refractivity contribution in [3.63, 3.8) is 0 Å². The average Bonchev–Trinajstić information content (AvgIpc) is 3.60. The number of para-hydroxylation sites is 1. The van der Waals surface area contributed by atoms with Crippen LogP contribution in [0.25, 0.3) is 32.9 Å². The van der Waals surface area contributed by atoms with Crippen molar-refractivity contribution in [2.45, 2.75) is 25.9 Å². The Hall–Kier alpha value is -5.17. The first-order valence-electron chi connectivity index (χ1n) is 14.1. The zero-order chi connectivity index (χ0) is 29.1. The number of nitrogens with one attached hydrogen (secondary N) is 1. The van der Waals surface area contributed by atoms with Crippen molar-refractivity contribution < 1.29 is 14.4 Å². The van der Waals surface area contributed by atoms with Crippen molar-refractivity contribution in [3.8, 4) is 11.1 Å². The SMILES string of the molecule is C=CCON=C1C[C@@H](C(=O)Nc2ccc3c(c2)c2ccccc2n3CC)N(C(=O)c2ccc(-c3ccccc3)cc2)C1. The number of hydrogen-bond acceptors (Lipinski definition) is 4. The molecule has 5 aromatic rings. The minimum absolute atomic E-state index is 0.206. The van der Waals surface area contributed by atoms with Crippen LogP contribution in [0, 0.1) is 0 Å². The Bertz CT molecular complexity index is 1810. The molecule has 0 bridgehead atoms. The van der Waals surface area contributed by atoms with Crippen molar-refractivity contribution in [1.82, 2.24) is 9.47 Å². The normalized spacial score (nSPS) is 15.8. The van der Waals surface area contributed by atoms with Crippen LogP contribution in [-0.2, 0) is 16.2 Å². The van der Waals surface area contributed by atoms with E-state index in [9.17, 15) is 9.59 Å². The fourth-order valence-electron chi connectivity index (χ4n) is 5.70. The second-order valence-electron chi connectivity index (χ2n) is 10.3. The van der Waals surface area contributed by atoms with Gasteiger partial charge in [0.05, 0.1) is 12.3 Å². The molecule has 1 aliphatic heterocycles. The summed E-state index contributed by atoms with van der Waals surface area (Å²) in [5, 5.41) is 9.46. The molecule has 1 atom stereocenters. The lowest BCUT2D eigenvalue weighted by molar-refractivity contribution is -0.119. The number of rotatable bonds is 8. The zero-order valence-corrected chi connectivity index (χ0v) is 23.5. The van der Waals surface area contributed by atoms with E-state index in [1.54, 1.807) is 23.1 Å². The first-order chi connectivity index (χ1) is 20.6. The first kappa shape index (κ1) is 27.0. The number of aromatic nitrogens is 1. The molecular formula is C35H32N4O3. The minimum atomic E-state index is -0.731. The Morgan fingerprint density at radius 3 is 2.40 bits per heavy atom. The molecule has 42 heavy (non-hydrogen) atoms. The van der Waals surface area contributed by atoms with Gasteiger partial charge in [-0.05, 0) is 54.4 Å². The largest absolute Gasteiger partial charge is 0.392 e. The number of likely N-dealkylation sites (tertiary alicyclic amines) is 1. The summed E-state index contributed by atoms with van der Waals surface area (Å²) < 4.78 is 2.27. The monoisotopic (exact) mass is 556 g/mol. The van der Waals surface area contributed by atoms with E-state index in [2.05, 4.69) is 40.7 Å². The van der Waals surface area contributed by atoms with Crippen LogP contribution in [0.3, 0.4) is 0 Å². The van der Waals surface area contributed by atoms with Crippen molar-refractivity contribution in [2.75, 3.05) is 18.5 Å². The van der Waals surface area contributed by atoms with Gasteiger partial charge in [0.1, 0.15) is 12.6 Å². The summed E-state index contributed by atoms with van der Waals surface area (Å²) >= 11 is 0. The van der Waals surface area contributed by atoms with Crippen molar-refractivity contribution in [3.05, 3.63) is 115 Å². The molecule has 1 saturated heterocycles. The highest BCUT2D eigenvalue weighted by Crippen LogP contribution is 2.31. The summed E-state index contributed by atoms with van der Waals surface area (Å²) in [5.41, 5.74) is 6.18. The van der Waals surface area contributed by atoms with E-state index in [0.717, 1.165) is 39.5 Å². The number of aryl methyl sites for hydroxylation is 1. The van der Waals surface area contributed by atoms with Crippen LogP contribution >= 0.6 is 0 Å². The fourth-order valence-corrected chi connectivity index (χ4v) is 5.70. The van der Waals surface area contributed by atoms with Gasteiger partial charge >= 0.3 is 0 Å². The summed E-state index contributed by atoms with van der Waals surface area (Å²) in [5.74, 6) is -0.498. The maximum atomic E-state index is 13.7. The number of carbonyl (C=O) groups is 2. The standard InChI is InChI=1S/C35H32N4O3/c1-3-20-42-37-28-22-33(39(23-28)35(41)26-16-14-25(15-17-26)24-10-6-5-7-11-24)34(40)36-27-18-19-32-30(21-27)29-12-8-9-13-31(29)38(32)4-2/h3,5-19,21,33H,1,4,20,22-23H2,2H3,(H,36,40)/t33-/m0/s1. The average molecular weight is 557 g/mol. The third kappa shape index (κ3) is 5.17. The maximum absolute atomic E-state index is 13.7. The van der Waals surface area contributed by atoms with Crippen molar-refractivity contribution >= 4 is 45.0 Å². The lowest BCUT2D eigenvalue weighted by atomic mass is 10.0. The molecule has 0 radical (unpaired) electrons. The van der Waals surface area contributed by atoms with Gasteiger partial charge in [-0.1, -0.05) is 78.5 Å². The van der Waals surface area contributed by atoms with E-state index < -0.39 is 6.04 Å². The van der Waals surface area contributed by atoms with E-state index in [-0.39, 0.29) is 31.4 Å². The van der Waals surface area contributed by atoms with E-state index in [0.29, 0.717) is 17.0 Å². The molecule has 0 unspecified atom stereocenters. The Balaban J connectivity index is 1.27. The number of carbonyl (C=O) groups excluding carboxylic acids is 2. The van der Waals surface area contributed by atoms with Gasteiger partial charge in [0, 0.05) is 46.0 Å². The van der Waals surface area contributed by atoms with Gasteiger partial charge in [-0.3, -0.25) is 9.59 Å². The zero-order valence-electron chi connectivity index (χ0n) is 23.5. The smallest absolute Gasteiger partial charge is 0.254 e. The van der Waals surface area contributed by atoms with Crippen molar-refractivity contribution in [1.29, 1.82) is 0 Å². The van der Waals surface area contributed by atoms with Crippen LogP contribution in [0.1, 0.15) is 23.7 Å². The van der Waals surface area contributed by atoms with Gasteiger partial charge < -0.3 is 19.6 Å². The lowest BCUT2D eigenvalue weighted by Gasteiger charge is -2.23. The Kier molecular flexibility index (Phi) is 7.56. The molecule has 0 saturated carbocycles. The predicted molar refractivity (Wildman–Crippen MR) is 169 cm³/mol. The van der Waals surface area contributed by atoms with Gasteiger partial charge in [-0.2, -0.15) is 0 Å². The number of oxime groups is 1. The third-order valence-corrected chi connectivity index (χ3v) is 7.70. The number of amides is 2. The van der Waals surface area contributed by atoms with Gasteiger partial charge in [0.2, 0.25) is 5.91 Å². The van der Waals surface area contributed by atoms with Crippen LogP contribution in [0.2, 0.25) is 0 Å². The molecule has 6 rings (SSSR count). The first-order valence-corrected chi connectivity index (χ1v) is 14.1. The summed E-state index contributed by atoms with van der Waals surface area (Å²) in [6.07, 6.45) is 1.89. The molecule has 2 heterocycles. The van der Waals surface area contributed by atoms with Crippen LogP contribution in [0.15, 0.2) is 115 Å². The second-order valence-corrected chi connectivity index (χ2v) is 10.3. The molecule has 7 nitrogen and oxygen atoms in total. The summed E-state index contributed by atoms with van der Waals surface area (Å²) in [7, 11) is 0. The van der Waals surface area contributed by atoms with Gasteiger partial charge in [-0.15, -0.1) is 0 Å². The number of anilines is 1. The highest BCUT2D eigenvalue weighted by atomic mass is 16.6. The molecule has 4 aromatic carbocycles. The molecule has 2 amide bonds. The summed E-state index contributed by atoms with van der Waals surface area (Å²) in [6, 6.07) is 31.0. The van der Waals surface area contributed by atoms with E-state index in [1.807, 2.05) is 72.8 Å². The molecule has 1 fully saturated rings. The van der Waals surface area contributed by atoms with Gasteiger partial charge in [0.25, 0.3) is 5.91 Å². The van der Waals surface area contributed by atoms with Crippen molar-refractivity contribution in [2.24, 2.45) is 5.16 Å². The Labute approximate surface area is 244 Å². The highest BCUT2D eigenvalue weighted by Gasteiger charge is 2.38. The molecular weight excluding hydrogens is 524 g/mol. The molecule has 0 aliphatic carbocycles. The molecule has 210 valence electrons. The van der Waals surface area contributed by atoms with E-state index in [4.69, 9.17) is 4.84 Å². The van der Waals surface area contributed by atoms with Gasteiger partial charge in [-0.25, -0.2) is 0 Å². The summed E-state index contributed by atoms with van der Waals surface area (Å²) in [4.78, 5) is 34.3. The highest BCUT2D eigenvalue weighted by molar-refractivity contribution is 6.11.